The fourth-order valence-electron chi connectivity index (χ4n) is 1.90. The lowest BCUT2D eigenvalue weighted by atomic mass is 9.80. The second kappa shape index (κ2) is 3.32. The van der Waals surface area contributed by atoms with Crippen LogP contribution in [0.1, 0.15) is 27.7 Å². The Morgan fingerprint density at radius 2 is 1.25 bits per heavy atom. The van der Waals surface area contributed by atoms with Gasteiger partial charge in [0.15, 0.2) is 0 Å². The lowest BCUT2D eigenvalue weighted by Crippen LogP contribution is -2.56. The summed E-state index contributed by atoms with van der Waals surface area (Å²) in [7, 11) is 0. The molecule has 0 aromatic rings. The molecule has 1 aliphatic rings. The third kappa shape index (κ3) is 1.37. The maximum atomic E-state index is 9.77. The van der Waals surface area contributed by atoms with Gasteiger partial charge in [0.25, 0.3) is 0 Å². The van der Waals surface area contributed by atoms with E-state index < -0.39 is 0 Å². The summed E-state index contributed by atoms with van der Waals surface area (Å²) in [5, 5.41) is 20.8. The molecule has 12 heavy (non-hydrogen) atoms. The Balaban J connectivity index is 2.76. The molecule has 1 aliphatic heterocycles. The summed E-state index contributed by atoms with van der Waals surface area (Å²) < 4.78 is 0. The van der Waals surface area contributed by atoms with Gasteiger partial charge in [0.2, 0.25) is 0 Å². The first-order chi connectivity index (χ1) is 5.46. The smallest absolute Gasteiger partial charge is 0.0622 e. The van der Waals surface area contributed by atoms with Gasteiger partial charge in [0, 0.05) is 12.1 Å². The standard InChI is InChI=1S/C9H19NO2/c1-5-7(3)10(12)8(4)6(2)9(5)11/h5-9,11-12H,1-4H3. The number of piperidine rings is 1. The molecule has 3 nitrogen and oxygen atoms in total. The second-order valence-corrected chi connectivity index (χ2v) is 4.07. The Bertz CT molecular complexity index is 104. The van der Waals surface area contributed by atoms with E-state index in [9.17, 15) is 10.3 Å². The van der Waals surface area contributed by atoms with Crippen LogP contribution < -0.4 is 0 Å². The van der Waals surface area contributed by atoms with E-state index in [-0.39, 0.29) is 30.0 Å². The van der Waals surface area contributed by atoms with E-state index in [1.165, 1.54) is 5.06 Å². The van der Waals surface area contributed by atoms with E-state index in [2.05, 4.69) is 0 Å². The van der Waals surface area contributed by atoms with Gasteiger partial charge < -0.3 is 10.3 Å². The highest BCUT2D eigenvalue weighted by atomic mass is 16.5. The quantitative estimate of drug-likeness (QED) is 0.576. The van der Waals surface area contributed by atoms with Gasteiger partial charge in [-0.05, 0) is 25.7 Å². The molecule has 3 heteroatoms. The van der Waals surface area contributed by atoms with Crippen LogP contribution in [-0.4, -0.2) is 33.6 Å². The Morgan fingerprint density at radius 3 is 1.58 bits per heavy atom. The molecule has 0 aliphatic carbocycles. The van der Waals surface area contributed by atoms with Crippen molar-refractivity contribution in [1.29, 1.82) is 0 Å². The van der Waals surface area contributed by atoms with Gasteiger partial charge in [0.05, 0.1) is 6.10 Å². The molecule has 1 rings (SSSR count). The zero-order valence-corrected chi connectivity index (χ0v) is 8.23. The van der Waals surface area contributed by atoms with Crippen molar-refractivity contribution in [1.82, 2.24) is 5.06 Å². The summed E-state index contributed by atoms with van der Waals surface area (Å²) >= 11 is 0. The lowest BCUT2D eigenvalue weighted by Gasteiger charge is -2.45. The average Bonchev–Trinajstić information content (AvgIpc) is 2.08. The van der Waals surface area contributed by atoms with Crippen LogP contribution in [0.3, 0.4) is 0 Å². The van der Waals surface area contributed by atoms with Crippen LogP contribution in [0.15, 0.2) is 0 Å². The van der Waals surface area contributed by atoms with Crippen LogP contribution in [0, 0.1) is 11.8 Å². The number of hydrogen-bond donors (Lipinski definition) is 2. The first-order valence-corrected chi connectivity index (χ1v) is 4.62. The van der Waals surface area contributed by atoms with Gasteiger partial charge in [-0.25, -0.2) is 0 Å². The molecule has 0 amide bonds. The van der Waals surface area contributed by atoms with E-state index in [1.54, 1.807) is 0 Å². The highest BCUT2D eigenvalue weighted by molar-refractivity contribution is 4.89. The van der Waals surface area contributed by atoms with E-state index in [4.69, 9.17) is 0 Å². The highest BCUT2D eigenvalue weighted by Crippen LogP contribution is 2.30. The number of aliphatic hydroxyl groups excluding tert-OH is 1. The Hall–Kier alpha value is -0.120. The molecule has 0 aromatic heterocycles. The predicted octanol–water partition coefficient (Wildman–Crippen LogP) is 1.10. The molecule has 4 unspecified atom stereocenters. The maximum absolute atomic E-state index is 9.77. The summed E-state index contributed by atoms with van der Waals surface area (Å²) in [6, 6.07) is 0.0948. The van der Waals surface area contributed by atoms with Gasteiger partial charge >= 0.3 is 0 Å². The Morgan fingerprint density at radius 1 is 0.917 bits per heavy atom. The zero-order chi connectivity index (χ0) is 9.46. The molecule has 1 fully saturated rings. The van der Waals surface area contributed by atoms with Gasteiger partial charge in [0.1, 0.15) is 0 Å². The second-order valence-electron chi connectivity index (χ2n) is 4.07. The van der Waals surface area contributed by atoms with Crippen molar-refractivity contribution in [3.05, 3.63) is 0 Å². The van der Waals surface area contributed by atoms with Crippen LogP contribution in [0.2, 0.25) is 0 Å². The van der Waals surface area contributed by atoms with Crippen molar-refractivity contribution in [2.45, 2.75) is 45.9 Å². The van der Waals surface area contributed by atoms with Crippen molar-refractivity contribution in [3.63, 3.8) is 0 Å². The molecular weight excluding hydrogens is 154 g/mol. The fraction of sp³-hybridized carbons (Fsp3) is 1.00. The van der Waals surface area contributed by atoms with Crippen molar-refractivity contribution in [2.75, 3.05) is 0 Å². The normalized spacial score (nSPS) is 51.0. The first-order valence-electron chi connectivity index (χ1n) is 4.62. The summed E-state index contributed by atoms with van der Waals surface area (Å²) in [4.78, 5) is 0. The van der Waals surface area contributed by atoms with Crippen molar-refractivity contribution in [3.8, 4) is 0 Å². The fourth-order valence-corrected chi connectivity index (χ4v) is 1.90. The molecule has 0 bridgehead atoms. The van der Waals surface area contributed by atoms with E-state index in [0.717, 1.165) is 0 Å². The SMILES string of the molecule is CC1C(O)C(C)C(C)N(O)C1C. The molecule has 72 valence electrons. The van der Waals surface area contributed by atoms with E-state index >= 15 is 0 Å². The molecule has 0 spiro atoms. The molecule has 1 heterocycles. The van der Waals surface area contributed by atoms with Crippen LogP contribution in [-0.2, 0) is 0 Å². The molecule has 4 atom stereocenters. The van der Waals surface area contributed by atoms with Crippen LogP contribution in [0.25, 0.3) is 0 Å². The minimum absolute atomic E-state index is 0.0474. The van der Waals surface area contributed by atoms with Crippen LogP contribution >= 0.6 is 0 Å². The number of hydroxylamine groups is 2. The average molecular weight is 173 g/mol. The molecule has 0 saturated carbocycles. The Kier molecular flexibility index (Phi) is 2.76. The first kappa shape index (κ1) is 9.96. The summed E-state index contributed by atoms with van der Waals surface area (Å²) in [6.07, 6.45) is -0.293. The molecule has 1 saturated heterocycles. The summed E-state index contributed by atoms with van der Waals surface area (Å²) in [5.74, 6) is 0.280. The predicted molar refractivity (Wildman–Crippen MR) is 46.9 cm³/mol. The monoisotopic (exact) mass is 173 g/mol. The van der Waals surface area contributed by atoms with Crippen molar-refractivity contribution in [2.24, 2.45) is 11.8 Å². The third-order valence-electron chi connectivity index (χ3n) is 3.43. The largest absolute Gasteiger partial charge is 0.392 e. The topological polar surface area (TPSA) is 43.7 Å². The molecular formula is C9H19NO2. The van der Waals surface area contributed by atoms with E-state index in [0.29, 0.717) is 0 Å². The number of hydrogen-bond acceptors (Lipinski definition) is 3. The van der Waals surface area contributed by atoms with Gasteiger partial charge in [-0.3, -0.25) is 0 Å². The third-order valence-corrected chi connectivity index (χ3v) is 3.43. The minimum Gasteiger partial charge on any atom is -0.392 e. The maximum Gasteiger partial charge on any atom is 0.0622 e. The highest BCUT2D eigenvalue weighted by Gasteiger charge is 2.40. The van der Waals surface area contributed by atoms with Gasteiger partial charge in [-0.1, -0.05) is 13.8 Å². The molecule has 2 N–H and O–H groups in total. The van der Waals surface area contributed by atoms with Gasteiger partial charge in [-0.15, -0.1) is 0 Å². The van der Waals surface area contributed by atoms with E-state index in [1.807, 2.05) is 27.7 Å². The number of rotatable bonds is 0. The number of aliphatic hydroxyl groups is 1. The lowest BCUT2D eigenvalue weighted by molar-refractivity contribution is -0.221. The van der Waals surface area contributed by atoms with Gasteiger partial charge in [-0.2, -0.15) is 5.06 Å². The van der Waals surface area contributed by atoms with Crippen molar-refractivity contribution < 1.29 is 10.3 Å². The van der Waals surface area contributed by atoms with Crippen LogP contribution in [0.5, 0.6) is 0 Å². The zero-order valence-electron chi connectivity index (χ0n) is 8.23. The number of nitrogens with zero attached hydrogens (tertiary/aromatic N) is 1. The van der Waals surface area contributed by atoms with Crippen LogP contribution in [0.4, 0.5) is 0 Å². The molecule has 0 radical (unpaired) electrons. The minimum atomic E-state index is -0.293. The summed E-state index contributed by atoms with van der Waals surface area (Å²) in [6.45, 7) is 7.83. The van der Waals surface area contributed by atoms with Crippen molar-refractivity contribution >= 4 is 0 Å². The summed E-state index contributed by atoms with van der Waals surface area (Å²) in [5.41, 5.74) is 0. The molecule has 0 aromatic carbocycles. The Labute approximate surface area is 74.0 Å².